The number of hydrogen-bond acceptors (Lipinski definition) is 4. The van der Waals surface area contributed by atoms with Crippen LogP contribution < -0.4 is 5.43 Å². The van der Waals surface area contributed by atoms with Crippen molar-refractivity contribution in [1.29, 1.82) is 0 Å². The van der Waals surface area contributed by atoms with Gasteiger partial charge in [0, 0.05) is 37.0 Å². The lowest BCUT2D eigenvalue weighted by Gasteiger charge is -2.36. The standard InChI is InChI=1S/C16H24N2O3/c19-8-6-12-3-1-2-7-17(12)10-14-9-15(20)16(21)11-18(14)13-4-5-13/h9,11-13,19,21H,1-8,10H2. The number of likely N-dealkylation sites (tertiary alicyclic amines) is 1. The first-order valence-electron chi connectivity index (χ1n) is 7.98. The smallest absolute Gasteiger partial charge is 0.223 e. The second-order valence-electron chi connectivity index (χ2n) is 6.29. The zero-order valence-corrected chi connectivity index (χ0v) is 12.4. The average molecular weight is 292 g/mol. The van der Waals surface area contributed by atoms with Crippen LogP contribution in [0.5, 0.6) is 5.75 Å². The second-order valence-corrected chi connectivity index (χ2v) is 6.29. The Balaban J connectivity index is 1.82. The van der Waals surface area contributed by atoms with Crippen LogP contribution in [0, 0.1) is 0 Å². The monoisotopic (exact) mass is 292 g/mol. The van der Waals surface area contributed by atoms with Gasteiger partial charge in [0.25, 0.3) is 0 Å². The van der Waals surface area contributed by atoms with Crippen molar-refractivity contribution in [1.82, 2.24) is 9.47 Å². The highest BCUT2D eigenvalue weighted by atomic mass is 16.3. The molecule has 2 fully saturated rings. The predicted octanol–water partition coefficient (Wildman–Crippen LogP) is 1.63. The molecule has 1 saturated carbocycles. The maximum atomic E-state index is 11.8. The second kappa shape index (κ2) is 6.20. The quantitative estimate of drug-likeness (QED) is 0.865. The predicted molar refractivity (Wildman–Crippen MR) is 80.4 cm³/mol. The zero-order valence-electron chi connectivity index (χ0n) is 12.4. The average Bonchev–Trinajstić information content (AvgIpc) is 3.29. The first-order chi connectivity index (χ1) is 10.2. The summed E-state index contributed by atoms with van der Waals surface area (Å²) < 4.78 is 2.07. The molecule has 1 aliphatic heterocycles. The van der Waals surface area contributed by atoms with Gasteiger partial charge in [-0.1, -0.05) is 6.42 Å². The van der Waals surface area contributed by atoms with E-state index in [0.717, 1.165) is 44.5 Å². The van der Waals surface area contributed by atoms with Crippen LogP contribution >= 0.6 is 0 Å². The largest absolute Gasteiger partial charge is 0.503 e. The van der Waals surface area contributed by atoms with Crippen LogP contribution in [0.1, 0.15) is 50.3 Å². The van der Waals surface area contributed by atoms with E-state index in [1.807, 2.05) is 0 Å². The summed E-state index contributed by atoms with van der Waals surface area (Å²) in [5, 5.41) is 18.9. The summed E-state index contributed by atoms with van der Waals surface area (Å²) >= 11 is 0. The van der Waals surface area contributed by atoms with Crippen molar-refractivity contribution >= 4 is 0 Å². The molecule has 0 amide bonds. The minimum Gasteiger partial charge on any atom is -0.503 e. The maximum absolute atomic E-state index is 11.8. The topological polar surface area (TPSA) is 65.7 Å². The van der Waals surface area contributed by atoms with Crippen molar-refractivity contribution in [2.75, 3.05) is 13.2 Å². The van der Waals surface area contributed by atoms with Crippen LogP contribution in [-0.4, -0.2) is 38.9 Å². The fourth-order valence-electron chi connectivity index (χ4n) is 3.35. The van der Waals surface area contributed by atoms with Gasteiger partial charge in [-0.05, 0) is 38.6 Å². The Labute approximate surface area is 124 Å². The van der Waals surface area contributed by atoms with Gasteiger partial charge in [0.1, 0.15) is 0 Å². The molecule has 0 bridgehead atoms. The maximum Gasteiger partial charge on any atom is 0.223 e. The molecule has 1 aromatic rings. The van der Waals surface area contributed by atoms with Crippen LogP contribution in [-0.2, 0) is 6.54 Å². The van der Waals surface area contributed by atoms with Gasteiger partial charge in [-0.2, -0.15) is 0 Å². The number of aromatic hydroxyl groups is 1. The third-order valence-corrected chi connectivity index (χ3v) is 4.66. The molecule has 0 spiro atoms. The van der Waals surface area contributed by atoms with Gasteiger partial charge in [0.2, 0.25) is 5.43 Å². The van der Waals surface area contributed by atoms with Crippen molar-refractivity contribution in [3.63, 3.8) is 0 Å². The molecule has 0 radical (unpaired) electrons. The van der Waals surface area contributed by atoms with Crippen molar-refractivity contribution in [3.05, 3.63) is 28.2 Å². The highest BCUT2D eigenvalue weighted by Crippen LogP contribution is 2.36. The SMILES string of the molecule is O=c1cc(CN2CCCCC2CCO)n(C2CC2)cc1O. The van der Waals surface area contributed by atoms with E-state index in [9.17, 15) is 15.0 Å². The van der Waals surface area contributed by atoms with Gasteiger partial charge in [0.15, 0.2) is 5.75 Å². The van der Waals surface area contributed by atoms with E-state index in [2.05, 4.69) is 9.47 Å². The first-order valence-corrected chi connectivity index (χ1v) is 7.98. The van der Waals surface area contributed by atoms with E-state index < -0.39 is 0 Å². The Kier molecular flexibility index (Phi) is 4.31. The summed E-state index contributed by atoms with van der Waals surface area (Å²) in [6.07, 6.45) is 8.14. The van der Waals surface area contributed by atoms with Crippen molar-refractivity contribution in [3.8, 4) is 5.75 Å². The number of aromatic nitrogens is 1. The van der Waals surface area contributed by atoms with Gasteiger partial charge in [-0.25, -0.2) is 0 Å². The fraction of sp³-hybridized carbons (Fsp3) is 0.688. The van der Waals surface area contributed by atoms with Crippen LogP contribution in [0.4, 0.5) is 0 Å². The number of piperidine rings is 1. The lowest BCUT2D eigenvalue weighted by Crippen LogP contribution is -2.40. The lowest BCUT2D eigenvalue weighted by atomic mass is 9.99. The number of pyridine rings is 1. The van der Waals surface area contributed by atoms with Crippen molar-refractivity contribution < 1.29 is 10.2 Å². The number of rotatable bonds is 5. The molecule has 2 heterocycles. The Bertz CT molecular complexity index is 549. The molecule has 2 aliphatic rings. The van der Waals surface area contributed by atoms with Gasteiger partial charge >= 0.3 is 0 Å². The number of aliphatic hydroxyl groups is 1. The summed E-state index contributed by atoms with van der Waals surface area (Å²) in [6.45, 7) is 1.97. The van der Waals surface area contributed by atoms with Crippen molar-refractivity contribution in [2.24, 2.45) is 0 Å². The molecule has 0 aromatic carbocycles. The van der Waals surface area contributed by atoms with Crippen LogP contribution in [0.3, 0.4) is 0 Å². The Morgan fingerprint density at radius 2 is 2.05 bits per heavy atom. The van der Waals surface area contributed by atoms with Crippen molar-refractivity contribution in [2.45, 2.75) is 57.2 Å². The molecular formula is C16H24N2O3. The molecule has 2 N–H and O–H groups in total. The lowest BCUT2D eigenvalue weighted by molar-refractivity contribution is 0.109. The van der Waals surface area contributed by atoms with Gasteiger partial charge < -0.3 is 14.8 Å². The molecule has 1 aromatic heterocycles. The van der Waals surface area contributed by atoms with Crippen LogP contribution in [0.25, 0.3) is 0 Å². The number of nitrogens with zero attached hydrogens (tertiary/aromatic N) is 2. The molecule has 1 unspecified atom stereocenters. The summed E-state index contributed by atoms with van der Waals surface area (Å²) in [5.41, 5.74) is 0.697. The highest BCUT2D eigenvalue weighted by Gasteiger charge is 2.28. The summed E-state index contributed by atoms with van der Waals surface area (Å²) in [6, 6.07) is 2.42. The molecular weight excluding hydrogens is 268 g/mol. The summed E-state index contributed by atoms with van der Waals surface area (Å²) in [4.78, 5) is 14.1. The van der Waals surface area contributed by atoms with Gasteiger partial charge in [-0.15, -0.1) is 0 Å². The van der Waals surface area contributed by atoms with Crippen LogP contribution in [0.2, 0.25) is 0 Å². The van der Waals surface area contributed by atoms with E-state index in [1.165, 1.54) is 12.8 Å². The Hall–Kier alpha value is -1.33. The van der Waals surface area contributed by atoms with E-state index in [-0.39, 0.29) is 17.8 Å². The summed E-state index contributed by atoms with van der Waals surface area (Å²) in [7, 11) is 0. The Morgan fingerprint density at radius 1 is 1.24 bits per heavy atom. The minimum absolute atomic E-state index is 0.156. The normalized spacial score (nSPS) is 23.4. The summed E-state index contributed by atoms with van der Waals surface area (Å²) in [5.74, 6) is -0.156. The van der Waals surface area contributed by atoms with E-state index >= 15 is 0 Å². The molecule has 5 heteroatoms. The third kappa shape index (κ3) is 3.30. The van der Waals surface area contributed by atoms with E-state index in [4.69, 9.17) is 0 Å². The first kappa shape index (κ1) is 14.6. The third-order valence-electron chi connectivity index (χ3n) is 4.66. The molecule has 1 atom stereocenters. The van der Waals surface area contributed by atoms with Gasteiger partial charge in [-0.3, -0.25) is 9.69 Å². The minimum atomic E-state index is -0.294. The molecule has 1 aliphatic carbocycles. The highest BCUT2D eigenvalue weighted by molar-refractivity contribution is 5.22. The molecule has 3 rings (SSSR count). The zero-order chi connectivity index (χ0) is 14.8. The molecule has 116 valence electrons. The molecule has 1 saturated heterocycles. The number of hydrogen-bond donors (Lipinski definition) is 2. The van der Waals surface area contributed by atoms with Crippen LogP contribution in [0.15, 0.2) is 17.1 Å². The molecule has 21 heavy (non-hydrogen) atoms. The Morgan fingerprint density at radius 3 is 2.76 bits per heavy atom. The molecule has 5 nitrogen and oxygen atoms in total. The van der Waals surface area contributed by atoms with E-state index in [0.29, 0.717) is 12.1 Å². The number of aliphatic hydroxyl groups excluding tert-OH is 1. The van der Waals surface area contributed by atoms with Gasteiger partial charge in [0.05, 0.1) is 6.20 Å². The fourth-order valence-corrected chi connectivity index (χ4v) is 3.35. The van der Waals surface area contributed by atoms with E-state index in [1.54, 1.807) is 12.3 Å².